The number of hydrogen-bond acceptors (Lipinski definition) is 7. The standard InChI is InChI=1S/C32H30FN3O6/c1-39-23-12-8-21(9-13-23)32(20-6-4-3-5-7-20,22-10-14-24(40-2)15-11-22)41-18-25-16-27(37)31(42-25)36-17-26(33)28-29(36)34-19-35-30(28)38/h3-15,17,19,25,27,31,37H,16,18H2,1-2H3,(H,34,35,38)/t25-,27+,31+/m0/s1. The van der Waals surface area contributed by atoms with E-state index in [9.17, 15) is 14.3 Å². The first-order chi connectivity index (χ1) is 20.4. The third-order valence-corrected chi connectivity index (χ3v) is 7.67. The van der Waals surface area contributed by atoms with Gasteiger partial charge in [-0.05, 0) is 41.0 Å². The topological polar surface area (TPSA) is 108 Å². The van der Waals surface area contributed by atoms with Crippen LogP contribution in [0.5, 0.6) is 11.5 Å². The fourth-order valence-electron chi connectivity index (χ4n) is 5.62. The van der Waals surface area contributed by atoms with Gasteiger partial charge in [0.2, 0.25) is 0 Å². The molecule has 9 nitrogen and oxygen atoms in total. The van der Waals surface area contributed by atoms with E-state index in [1.54, 1.807) is 14.2 Å². The van der Waals surface area contributed by atoms with Gasteiger partial charge in [0.05, 0.1) is 33.3 Å². The summed E-state index contributed by atoms with van der Waals surface area (Å²) in [6.45, 7) is 0.0935. The van der Waals surface area contributed by atoms with Gasteiger partial charge < -0.3 is 33.6 Å². The van der Waals surface area contributed by atoms with Crippen LogP contribution in [-0.4, -0.2) is 52.7 Å². The number of halogens is 1. The Kier molecular flexibility index (Phi) is 7.51. The molecule has 10 heteroatoms. The molecule has 2 N–H and O–H groups in total. The zero-order chi connectivity index (χ0) is 29.3. The Balaban J connectivity index is 1.37. The number of hydrogen-bond donors (Lipinski definition) is 2. The highest BCUT2D eigenvalue weighted by atomic mass is 19.1. The fraction of sp³-hybridized carbons (Fsp3) is 0.250. The minimum Gasteiger partial charge on any atom is -0.497 e. The average molecular weight is 572 g/mol. The highest BCUT2D eigenvalue weighted by Gasteiger charge is 2.42. The van der Waals surface area contributed by atoms with Crippen molar-refractivity contribution < 1.29 is 28.4 Å². The molecule has 1 aliphatic rings. The van der Waals surface area contributed by atoms with Gasteiger partial charge in [0.1, 0.15) is 28.6 Å². The highest BCUT2D eigenvalue weighted by molar-refractivity contribution is 5.75. The minimum absolute atomic E-state index is 0.0935. The molecule has 0 spiro atoms. The number of methoxy groups -OCH3 is 2. The summed E-state index contributed by atoms with van der Waals surface area (Å²) < 4.78 is 40.0. The first-order valence-electron chi connectivity index (χ1n) is 13.5. The molecule has 0 radical (unpaired) electrons. The van der Waals surface area contributed by atoms with Crippen molar-refractivity contribution >= 4 is 11.0 Å². The molecule has 42 heavy (non-hydrogen) atoms. The second-order valence-corrected chi connectivity index (χ2v) is 10.1. The van der Waals surface area contributed by atoms with E-state index < -0.39 is 35.4 Å². The first kappa shape index (κ1) is 27.6. The van der Waals surface area contributed by atoms with Gasteiger partial charge in [-0.15, -0.1) is 0 Å². The second-order valence-electron chi connectivity index (χ2n) is 10.1. The predicted octanol–water partition coefficient (Wildman–Crippen LogP) is 4.54. The summed E-state index contributed by atoms with van der Waals surface area (Å²) in [5.41, 5.74) is 1.03. The molecule has 3 aromatic carbocycles. The number of nitrogens with one attached hydrogen (secondary N) is 1. The Labute approximate surface area is 241 Å². The zero-order valence-electron chi connectivity index (χ0n) is 23.1. The van der Waals surface area contributed by atoms with E-state index in [2.05, 4.69) is 9.97 Å². The van der Waals surface area contributed by atoms with Crippen molar-refractivity contribution in [3.63, 3.8) is 0 Å². The average Bonchev–Trinajstić information content (AvgIpc) is 3.57. The lowest BCUT2D eigenvalue weighted by molar-refractivity contribution is -0.0851. The molecule has 2 aromatic heterocycles. The van der Waals surface area contributed by atoms with Crippen LogP contribution in [0.2, 0.25) is 0 Å². The molecule has 216 valence electrons. The first-order valence-corrected chi connectivity index (χ1v) is 13.5. The molecule has 5 aromatic rings. The maximum Gasteiger partial charge on any atom is 0.263 e. The number of fused-ring (bicyclic) bond motifs is 1. The lowest BCUT2D eigenvalue weighted by Crippen LogP contribution is -2.35. The van der Waals surface area contributed by atoms with E-state index in [0.717, 1.165) is 22.9 Å². The fourth-order valence-corrected chi connectivity index (χ4v) is 5.62. The van der Waals surface area contributed by atoms with Crippen molar-refractivity contribution in [1.29, 1.82) is 0 Å². The Morgan fingerprint density at radius 3 is 2.17 bits per heavy atom. The maximum atomic E-state index is 14.7. The highest BCUT2D eigenvalue weighted by Crippen LogP contribution is 2.43. The van der Waals surface area contributed by atoms with Crippen LogP contribution in [0.3, 0.4) is 0 Å². The van der Waals surface area contributed by atoms with Gasteiger partial charge in [-0.1, -0.05) is 54.6 Å². The summed E-state index contributed by atoms with van der Waals surface area (Å²) in [6.07, 6.45) is 0.0708. The van der Waals surface area contributed by atoms with E-state index in [-0.39, 0.29) is 24.1 Å². The van der Waals surface area contributed by atoms with Crippen LogP contribution in [0.15, 0.2) is 96.2 Å². The Bertz CT molecular complexity index is 1670. The van der Waals surface area contributed by atoms with Gasteiger partial charge in [-0.25, -0.2) is 9.37 Å². The van der Waals surface area contributed by atoms with Crippen LogP contribution in [-0.2, 0) is 15.1 Å². The van der Waals surface area contributed by atoms with Crippen LogP contribution >= 0.6 is 0 Å². The summed E-state index contributed by atoms with van der Waals surface area (Å²) in [4.78, 5) is 18.7. The number of nitrogens with zero attached hydrogens (tertiary/aromatic N) is 2. The SMILES string of the molecule is COc1ccc(C(OC[C@@H]2C[C@@H](O)[C@H](n3cc(F)c4c(=O)[nH]cnc43)O2)(c2ccccc2)c2ccc(OC)cc2)cc1. The smallest absolute Gasteiger partial charge is 0.263 e. The minimum atomic E-state index is -1.06. The number of H-pyrrole nitrogens is 1. The van der Waals surface area contributed by atoms with E-state index in [1.165, 1.54) is 10.9 Å². The number of aromatic nitrogens is 3. The van der Waals surface area contributed by atoms with Crippen LogP contribution in [0, 0.1) is 5.82 Å². The molecular formula is C32H30FN3O6. The molecule has 3 heterocycles. The van der Waals surface area contributed by atoms with E-state index in [1.807, 2.05) is 78.9 Å². The summed E-state index contributed by atoms with van der Waals surface area (Å²) in [7, 11) is 3.23. The van der Waals surface area contributed by atoms with Crippen molar-refractivity contribution in [2.75, 3.05) is 20.8 Å². The van der Waals surface area contributed by atoms with Gasteiger partial charge in [0.15, 0.2) is 17.7 Å². The molecule has 1 fully saturated rings. The van der Waals surface area contributed by atoms with Crippen LogP contribution in [0.25, 0.3) is 11.0 Å². The van der Waals surface area contributed by atoms with Gasteiger partial charge in [0.25, 0.3) is 5.56 Å². The van der Waals surface area contributed by atoms with Gasteiger partial charge in [-0.2, -0.15) is 0 Å². The van der Waals surface area contributed by atoms with Gasteiger partial charge in [0, 0.05) is 12.6 Å². The Morgan fingerprint density at radius 1 is 0.976 bits per heavy atom. The number of ether oxygens (including phenoxy) is 4. The lowest BCUT2D eigenvalue weighted by atomic mass is 9.80. The summed E-state index contributed by atoms with van der Waals surface area (Å²) >= 11 is 0. The molecule has 0 saturated carbocycles. The van der Waals surface area contributed by atoms with Crippen molar-refractivity contribution in [2.45, 2.75) is 30.5 Å². The monoisotopic (exact) mass is 571 g/mol. The summed E-state index contributed by atoms with van der Waals surface area (Å²) in [6, 6.07) is 25.2. The van der Waals surface area contributed by atoms with Crippen molar-refractivity contribution in [1.82, 2.24) is 14.5 Å². The number of benzene rings is 3. The third kappa shape index (κ3) is 4.83. The molecule has 1 aliphatic heterocycles. The molecular weight excluding hydrogens is 541 g/mol. The van der Waals surface area contributed by atoms with Crippen molar-refractivity contribution in [3.8, 4) is 11.5 Å². The van der Waals surface area contributed by atoms with Crippen LogP contribution in [0.1, 0.15) is 29.3 Å². The van der Waals surface area contributed by atoms with E-state index in [4.69, 9.17) is 18.9 Å². The number of aliphatic hydroxyl groups is 1. The summed E-state index contributed by atoms with van der Waals surface area (Å²) in [5, 5.41) is 10.8. The molecule has 1 saturated heterocycles. The largest absolute Gasteiger partial charge is 0.497 e. The Morgan fingerprint density at radius 2 is 1.57 bits per heavy atom. The molecule has 0 unspecified atom stereocenters. The quantitative estimate of drug-likeness (QED) is 0.250. The molecule has 0 amide bonds. The van der Waals surface area contributed by atoms with E-state index >= 15 is 0 Å². The second kappa shape index (κ2) is 11.4. The van der Waals surface area contributed by atoms with Gasteiger partial charge >= 0.3 is 0 Å². The van der Waals surface area contributed by atoms with Crippen LogP contribution < -0.4 is 15.0 Å². The number of aliphatic hydroxyl groups excluding tert-OH is 1. The van der Waals surface area contributed by atoms with Gasteiger partial charge in [-0.3, -0.25) is 4.79 Å². The van der Waals surface area contributed by atoms with Crippen molar-refractivity contribution in [2.24, 2.45) is 0 Å². The predicted molar refractivity (Wildman–Crippen MR) is 153 cm³/mol. The lowest BCUT2D eigenvalue weighted by Gasteiger charge is -2.37. The maximum absolute atomic E-state index is 14.7. The molecule has 6 rings (SSSR count). The molecule has 0 bridgehead atoms. The normalized spacial score (nSPS) is 18.8. The molecule has 0 aliphatic carbocycles. The number of rotatable bonds is 9. The molecule has 3 atom stereocenters. The number of aromatic amines is 1. The zero-order valence-corrected chi connectivity index (χ0v) is 23.1. The Hall–Kier alpha value is -4.51. The van der Waals surface area contributed by atoms with E-state index in [0.29, 0.717) is 11.5 Å². The third-order valence-electron chi connectivity index (χ3n) is 7.67. The summed E-state index contributed by atoms with van der Waals surface area (Å²) in [5.74, 6) is 0.676. The van der Waals surface area contributed by atoms with Crippen molar-refractivity contribution in [3.05, 3.63) is 124 Å². The van der Waals surface area contributed by atoms with Crippen LogP contribution in [0.4, 0.5) is 4.39 Å².